The Labute approximate surface area is 190 Å². The average molecular weight is 454 g/mol. The summed E-state index contributed by atoms with van der Waals surface area (Å²) in [4.78, 5) is 18.0. The molecule has 1 amide bonds. The Balaban J connectivity index is 1.71. The van der Waals surface area contributed by atoms with Gasteiger partial charge in [-0.15, -0.1) is 0 Å². The number of aryl methyl sites for hydroxylation is 1. The van der Waals surface area contributed by atoms with Gasteiger partial charge in [-0.3, -0.25) is 4.79 Å². The Kier molecular flexibility index (Phi) is 6.43. The van der Waals surface area contributed by atoms with E-state index in [1.807, 2.05) is 19.1 Å². The summed E-state index contributed by atoms with van der Waals surface area (Å²) in [6.45, 7) is 1.90. The highest BCUT2D eigenvalue weighted by Gasteiger charge is 2.34. The predicted octanol–water partition coefficient (Wildman–Crippen LogP) is 3.79. The van der Waals surface area contributed by atoms with E-state index in [1.54, 1.807) is 48.2 Å². The Bertz CT molecular complexity index is 1140. The Morgan fingerprint density at radius 1 is 1.22 bits per heavy atom. The number of methoxy groups -OCH3 is 1. The van der Waals surface area contributed by atoms with Crippen molar-refractivity contribution in [1.82, 2.24) is 14.8 Å². The zero-order chi connectivity index (χ0) is 22.7. The number of anilines is 2. The first kappa shape index (κ1) is 21.9. The molecular formula is C23H24ClN5O3. The van der Waals surface area contributed by atoms with E-state index in [9.17, 15) is 4.79 Å². The van der Waals surface area contributed by atoms with Gasteiger partial charge in [-0.2, -0.15) is 10.1 Å². The summed E-state index contributed by atoms with van der Waals surface area (Å²) in [7, 11) is 1.59. The van der Waals surface area contributed by atoms with Crippen molar-refractivity contribution in [2.45, 2.75) is 25.8 Å². The van der Waals surface area contributed by atoms with Crippen LogP contribution in [0.2, 0.25) is 5.02 Å². The van der Waals surface area contributed by atoms with Crippen molar-refractivity contribution in [1.29, 1.82) is 0 Å². The van der Waals surface area contributed by atoms with E-state index >= 15 is 0 Å². The maximum atomic E-state index is 13.4. The van der Waals surface area contributed by atoms with Gasteiger partial charge in [0.25, 0.3) is 5.91 Å². The molecule has 0 saturated heterocycles. The van der Waals surface area contributed by atoms with Crippen LogP contribution in [0.3, 0.4) is 0 Å². The first-order valence-corrected chi connectivity index (χ1v) is 10.6. The summed E-state index contributed by atoms with van der Waals surface area (Å²) in [5.74, 6) is 1.61. The predicted molar refractivity (Wildman–Crippen MR) is 123 cm³/mol. The van der Waals surface area contributed by atoms with Crippen LogP contribution in [0.1, 0.15) is 30.8 Å². The zero-order valence-electron chi connectivity index (χ0n) is 17.8. The fourth-order valence-electron chi connectivity index (χ4n) is 3.66. The molecule has 32 heavy (non-hydrogen) atoms. The van der Waals surface area contributed by atoms with Gasteiger partial charge >= 0.3 is 0 Å². The Morgan fingerprint density at radius 3 is 2.59 bits per heavy atom. The summed E-state index contributed by atoms with van der Waals surface area (Å²) in [6.07, 6.45) is 1.10. The highest BCUT2D eigenvalue weighted by molar-refractivity contribution is 6.30. The standard InChI is InChI=1S/C23H24ClN5O3/c1-14-20(22(31)26-17-9-11-18(32-2)12-10-17)21(15-5-7-16(24)8-6-15)29-23(25-14)27-19(28-29)4-3-13-30/h5-12,21,30H,3-4,13H2,1-2H3,(H,26,31)(H,25,27,28)/t21-/m0/s1. The number of carbonyl (C=O) groups excluding carboxylic acids is 1. The summed E-state index contributed by atoms with van der Waals surface area (Å²) in [5.41, 5.74) is 2.72. The van der Waals surface area contributed by atoms with E-state index in [2.05, 4.69) is 20.7 Å². The largest absolute Gasteiger partial charge is 0.497 e. The minimum Gasteiger partial charge on any atom is -0.497 e. The maximum absolute atomic E-state index is 13.4. The van der Waals surface area contributed by atoms with Gasteiger partial charge in [0, 0.05) is 29.4 Å². The molecule has 0 unspecified atom stereocenters. The van der Waals surface area contributed by atoms with E-state index in [0.717, 1.165) is 5.56 Å². The molecule has 166 valence electrons. The zero-order valence-corrected chi connectivity index (χ0v) is 18.6. The van der Waals surface area contributed by atoms with Gasteiger partial charge in [-0.05, 0) is 55.3 Å². The number of ether oxygens (including phenoxy) is 1. The number of aliphatic hydroxyl groups excluding tert-OH is 1. The van der Waals surface area contributed by atoms with Crippen LogP contribution in [-0.2, 0) is 11.2 Å². The van der Waals surface area contributed by atoms with Gasteiger partial charge in [0.05, 0.1) is 12.7 Å². The number of rotatable bonds is 7. The van der Waals surface area contributed by atoms with Gasteiger partial charge in [-0.25, -0.2) is 4.68 Å². The van der Waals surface area contributed by atoms with Crippen molar-refractivity contribution in [2.24, 2.45) is 0 Å². The first-order valence-electron chi connectivity index (χ1n) is 10.2. The molecule has 2 aromatic carbocycles. The van der Waals surface area contributed by atoms with Crippen molar-refractivity contribution in [3.05, 3.63) is 76.2 Å². The quantitative estimate of drug-likeness (QED) is 0.503. The third kappa shape index (κ3) is 4.46. The fourth-order valence-corrected chi connectivity index (χ4v) is 3.78. The van der Waals surface area contributed by atoms with E-state index in [0.29, 0.717) is 52.3 Å². The lowest BCUT2D eigenvalue weighted by molar-refractivity contribution is -0.113. The molecule has 0 bridgehead atoms. The summed E-state index contributed by atoms with van der Waals surface area (Å²) in [5, 5.41) is 20.6. The van der Waals surface area contributed by atoms with Crippen LogP contribution in [-0.4, -0.2) is 39.5 Å². The molecule has 0 radical (unpaired) electrons. The van der Waals surface area contributed by atoms with Crippen LogP contribution in [0.25, 0.3) is 0 Å². The van der Waals surface area contributed by atoms with Crippen LogP contribution in [0, 0.1) is 0 Å². The number of hydrogen-bond donors (Lipinski definition) is 3. The lowest BCUT2D eigenvalue weighted by Crippen LogP contribution is -2.31. The molecule has 0 spiro atoms. The van der Waals surface area contributed by atoms with Gasteiger partial charge in [0.15, 0.2) is 5.82 Å². The van der Waals surface area contributed by atoms with E-state index < -0.39 is 6.04 Å². The lowest BCUT2D eigenvalue weighted by Gasteiger charge is -2.28. The third-order valence-electron chi connectivity index (χ3n) is 5.23. The molecule has 3 N–H and O–H groups in total. The molecule has 0 saturated carbocycles. The topological polar surface area (TPSA) is 101 Å². The number of benzene rings is 2. The minimum atomic E-state index is -0.489. The number of halogens is 1. The van der Waals surface area contributed by atoms with E-state index in [1.165, 1.54) is 0 Å². The van der Waals surface area contributed by atoms with Crippen molar-refractivity contribution >= 4 is 29.1 Å². The van der Waals surface area contributed by atoms with Crippen molar-refractivity contribution in [3.8, 4) is 5.75 Å². The van der Waals surface area contributed by atoms with Crippen LogP contribution in [0.15, 0.2) is 59.8 Å². The molecule has 3 aromatic rings. The highest BCUT2D eigenvalue weighted by atomic mass is 35.5. The highest BCUT2D eigenvalue weighted by Crippen LogP contribution is 2.36. The van der Waals surface area contributed by atoms with Crippen molar-refractivity contribution < 1.29 is 14.6 Å². The second-order valence-electron chi connectivity index (χ2n) is 7.42. The molecule has 1 aliphatic rings. The normalized spacial score (nSPS) is 15.2. The van der Waals surface area contributed by atoms with Crippen molar-refractivity contribution in [3.63, 3.8) is 0 Å². The molecule has 1 aliphatic heterocycles. The smallest absolute Gasteiger partial charge is 0.255 e. The molecule has 1 aromatic heterocycles. The molecule has 8 nitrogen and oxygen atoms in total. The van der Waals surface area contributed by atoms with Gasteiger partial charge in [0.2, 0.25) is 5.95 Å². The lowest BCUT2D eigenvalue weighted by atomic mass is 9.95. The molecule has 1 atom stereocenters. The molecule has 0 fully saturated rings. The molecule has 9 heteroatoms. The SMILES string of the molecule is COc1ccc(NC(=O)C2=C(C)Nc3nc(CCCO)nn3[C@H]2c2ccc(Cl)cc2)cc1. The summed E-state index contributed by atoms with van der Waals surface area (Å²) >= 11 is 6.10. The third-order valence-corrected chi connectivity index (χ3v) is 5.49. The molecule has 0 aliphatic carbocycles. The maximum Gasteiger partial charge on any atom is 0.255 e. The number of nitrogens with zero attached hydrogens (tertiary/aromatic N) is 3. The number of nitrogens with one attached hydrogen (secondary N) is 2. The van der Waals surface area contributed by atoms with Crippen LogP contribution in [0.5, 0.6) is 5.75 Å². The summed E-state index contributed by atoms with van der Waals surface area (Å²) < 4.78 is 6.90. The number of aromatic nitrogens is 3. The number of allylic oxidation sites excluding steroid dienone is 1. The Morgan fingerprint density at radius 2 is 1.94 bits per heavy atom. The van der Waals surface area contributed by atoms with Crippen molar-refractivity contribution in [2.75, 3.05) is 24.4 Å². The van der Waals surface area contributed by atoms with Crippen LogP contribution < -0.4 is 15.4 Å². The van der Waals surface area contributed by atoms with Gasteiger partial charge in [-0.1, -0.05) is 23.7 Å². The second kappa shape index (κ2) is 9.42. The first-order chi connectivity index (χ1) is 15.5. The monoisotopic (exact) mass is 453 g/mol. The number of amides is 1. The molecule has 2 heterocycles. The number of fused-ring (bicyclic) bond motifs is 1. The summed E-state index contributed by atoms with van der Waals surface area (Å²) in [6, 6.07) is 14.0. The molecular weight excluding hydrogens is 430 g/mol. The van der Waals surface area contributed by atoms with Crippen LogP contribution >= 0.6 is 11.6 Å². The average Bonchev–Trinajstić information content (AvgIpc) is 3.20. The van der Waals surface area contributed by atoms with E-state index in [-0.39, 0.29) is 12.5 Å². The van der Waals surface area contributed by atoms with Gasteiger partial charge < -0.3 is 20.5 Å². The van der Waals surface area contributed by atoms with Crippen LogP contribution in [0.4, 0.5) is 11.6 Å². The number of hydrogen-bond acceptors (Lipinski definition) is 6. The van der Waals surface area contributed by atoms with E-state index in [4.69, 9.17) is 21.4 Å². The molecule has 4 rings (SSSR count). The minimum absolute atomic E-state index is 0.0602. The number of carbonyl (C=O) groups is 1. The fraction of sp³-hybridized carbons (Fsp3) is 0.261. The Hall–Kier alpha value is -3.36. The number of aliphatic hydroxyl groups is 1. The second-order valence-corrected chi connectivity index (χ2v) is 7.86. The van der Waals surface area contributed by atoms with Gasteiger partial charge in [0.1, 0.15) is 11.8 Å².